The molecule has 0 saturated heterocycles. The number of benzene rings is 1. The van der Waals surface area contributed by atoms with Crippen molar-refractivity contribution in [2.24, 2.45) is 0 Å². The Morgan fingerprint density at radius 1 is 1.46 bits per heavy atom. The molecule has 0 fully saturated rings. The van der Waals surface area contributed by atoms with Crippen LogP contribution in [0.25, 0.3) is 16.3 Å². The van der Waals surface area contributed by atoms with E-state index in [0.717, 1.165) is 23.7 Å². The first kappa shape index (κ1) is 20.8. The smallest absolute Gasteiger partial charge is 0.266 e. The van der Waals surface area contributed by atoms with Crippen LogP contribution in [0.15, 0.2) is 24.0 Å². The Labute approximate surface area is 148 Å². The molecule has 0 saturated carbocycles. The number of aromatic nitrogens is 1. The van der Waals surface area contributed by atoms with Gasteiger partial charge in [0.25, 0.3) is 5.01 Å². The molecule has 134 valence electrons. The van der Waals surface area contributed by atoms with Gasteiger partial charge in [-0.1, -0.05) is 34.2 Å². The van der Waals surface area contributed by atoms with Crippen LogP contribution in [0.4, 0.5) is 4.53 Å². The lowest BCUT2D eigenvalue weighted by Gasteiger charge is -1.99. The minimum atomic E-state index is -5.08. The number of rotatable bonds is 5. The minimum Gasteiger partial charge on any atom is -0.724 e. The second-order valence-electron chi connectivity index (χ2n) is 4.44. The average Bonchev–Trinajstić information content (AvgIpc) is 2.88. The summed E-state index contributed by atoms with van der Waals surface area (Å²) in [7, 11) is -3.36. The van der Waals surface area contributed by atoms with E-state index in [-0.39, 0.29) is 0 Å². The largest absolute Gasteiger partial charge is 0.724 e. The van der Waals surface area contributed by atoms with Crippen molar-refractivity contribution in [2.75, 3.05) is 7.11 Å². The molecule has 24 heavy (non-hydrogen) atoms. The topological polar surface area (TPSA) is 79.5 Å². The molecule has 0 aliphatic rings. The highest BCUT2D eigenvalue weighted by molar-refractivity contribution is 7.80. The molecule has 1 aromatic heterocycles. The summed E-state index contributed by atoms with van der Waals surface area (Å²) >= 11 is 7.83. The highest BCUT2D eigenvalue weighted by Crippen LogP contribution is 2.25. The van der Waals surface area contributed by atoms with Crippen molar-refractivity contribution in [2.45, 2.75) is 26.8 Å². The Balaban J connectivity index is 0.000000413. The van der Waals surface area contributed by atoms with Crippen LogP contribution in [-0.4, -0.2) is 20.1 Å². The average molecular weight is 398 g/mol. The fourth-order valence-electron chi connectivity index (χ4n) is 1.95. The van der Waals surface area contributed by atoms with E-state index in [1.54, 1.807) is 18.4 Å². The lowest BCUT2D eigenvalue weighted by molar-refractivity contribution is -0.665. The molecule has 0 aliphatic heterocycles. The van der Waals surface area contributed by atoms with E-state index >= 15 is 0 Å². The summed E-state index contributed by atoms with van der Waals surface area (Å²) in [6.45, 7) is 5.16. The second-order valence-corrected chi connectivity index (χ2v) is 6.88. The zero-order valence-electron chi connectivity index (χ0n) is 13.3. The molecule has 1 aromatic carbocycles. The number of halogens is 2. The van der Waals surface area contributed by atoms with Crippen LogP contribution in [0.1, 0.15) is 25.3 Å². The van der Waals surface area contributed by atoms with Crippen molar-refractivity contribution < 1.29 is 31.2 Å². The van der Waals surface area contributed by atoms with Gasteiger partial charge in [-0.05, 0) is 23.6 Å². The lowest BCUT2D eigenvalue weighted by atomic mass is 10.3. The zero-order valence-corrected chi connectivity index (χ0v) is 15.7. The number of hydrogen-bond acceptors (Lipinski definition) is 6. The number of aryl methyl sites for hydroxylation is 1. The molecule has 0 amide bonds. The molecule has 0 unspecified atom stereocenters. The number of ether oxygens (including phenoxy) is 1. The van der Waals surface area contributed by atoms with Crippen LogP contribution in [-0.2, 0) is 26.1 Å². The molecule has 1 heterocycles. The normalized spacial score (nSPS) is 12.0. The maximum Gasteiger partial charge on any atom is 0.266 e. The van der Waals surface area contributed by atoms with Crippen molar-refractivity contribution in [3.05, 3.63) is 34.0 Å². The first-order valence-corrected chi connectivity index (χ1v) is 9.40. The van der Waals surface area contributed by atoms with Crippen molar-refractivity contribution in [1.82, 2.24) is 0 Å². The molecule has 2 aromatic rings. The first-order valence-electron chi connectivity index (χ1n) is 6.88. The summed E-state index contributed by atoms with van der Waals surface area (Å²) in [6.07, 6.45) is 3.01. The molecule has 0 spiro atoms. The van der Waals surface area contributed by atoms with E-state index in [0.29, 0.717) is 0 Å². The van der Waals surface area contributed by atoms with Crippen LogP contribution in [0.5, 0.6) is 0 Å². The Morgan fingerprint density at radius 3 is 2.54 bits per heavy atom. The Morgan fingerprint density at radius 2 is 2.08 bits per heavy atom. The van der Waals surface area contributed by atoms with Gasteiger partial charge in [0.1, 0.15) is 17.0 Å². The zero-order chi connectivity index (χ0) is 18.3. The Kier molecular flexibility index (Phi) is 8.04. The number of nitrogens with zero attached hydrogens (tertiary/aromatic N) is 1. The van der Waals surface area contributed by atoms with Crippen LogP contribution >= 0.6 is 22.9 Å². The minimum absolute atomic E-state index is 0.778. The van der Waals surface area contributed by atoms with Gasteiger partial charge in [0.05, 0.1) is 13.2 Å². The highest BCUT2D eigenvalue weighted by Gasteiger charge is 2.18. The first-order chi connectivity index (χ1) is 11.3. The molecular weight excluding hydrogens is 381 g/mol. The van der Waals surface area contributed by atoms with Crippen molar-refractivity contribution >= 4 is 49.6 Å². The second kappa shape index (κ2) is 9.28. The van der Waals surface area contributed by atoms with Crippen LogP contribution < -0.4 is 4.57 Å². The van der Waals surface area contributed by atoms with Gasteiger partial charge in [-0.25, -0.2) is 8.42 Å². The number of fused-ring (bicyclic) bond motifs is 1. The lowest BCUT2D eigenvalue weighted by Crippen LogP contribution is -2.33. The van der Waals surface area contributed by atoms with Gasteiger partial charge in [0.15, 0.2) is 0 Å². The fourth-order valence-corrected chi connectivity index (χ4v) is 3.28. The van der Waals surface area contributed by atoms with E-state index in [1.807, 2.05) is 16.5 Å². The summed E-state index contributed by atoms with van der Waals surface area (Å²) < 4.78 is 47.4. The highest BCUT2D eigenvalue weighted by atomic mass is 35.5. The summed E-state index contributed by atoms with van der Waals surface area (Å²) in [5, 5.41) is 1.98. The molecule has 10 heteroatoms. The summed E-state index contributed by atoms with van der Waals surface area (Å²) in [5.74, 6) is 0.995. The van der Waals surface area contributed by atoms with Gasteiger partial charge < -0.3 is 9.29 Å². The third kappa shape index (κ3) is 5.99. The predicted octanol–water partition coefficient (Wildman–Crippen LogP) is 3.61. The van der Waals surface area contributed by atoms with Crippen LogP contribution in [0.3, 0.4) is 0 Å². The van der Waals surface area contributed by atoms with E-state index in [2.05, 4.69) is 30.6 Å². The number of allylic oxidation sites excluding steroid dienone is 1. The molecule has 2 rings (SSSR count). The standard InChI is InChI=1S/C14H17ClNOS.FHO4S/c1-4-11(17-3)9-14-16(5-2)12-8-10(15)6-7-13(12)18-14;1-5-6(2,3)4/h6-9H,4-5H2,1-3H3;(H,2,3,4)/q+1;/p-1. The molecule has 6 nitrogen and oxygen atoms in total. The van der Waals surface area contributed by atoms with E-state index in [9.17, 15) is 4.53 Å². The molecule has 0 aliphatic carbocycles. The predicted molar refractivity (Wildman–Crippen MR) is 89.9 cm³/mol. The maximum atomic E-state index is 10.1. The summed E-state index contributed by atoms with van der Waals surface area (Å²) in [4.78, 5) is 0. The molecular formula is C14H17ClFNO5S2. The van der Waals surface area contributed by atoms with Crippen molar-refractivity contribution in [1.29, 1.82) is 0 Å². The Hall–Kier alpha value is -1.26. The Bertz CT molecular complexity index is 814. The van der Waals surface area contributed by atoms with Crippen LogP contribution in [0, 0.1) is 0 Å². The van der Waals surface area contributed by atoms with E-state index in [1.165, 1.54) is 15.2 Å². The van der Waals surface area contributed by atoms with Gasteiger partial charge in [-0.2, -0.15) is 4.57 Å². The van der Waals surface area contributed by atoms with Gasteiger partial charge in [-0.15, -0.1) is 0 Å². The number of thiazole rings is 1. The summed E-state index contributed by atoms with van der Waals surface area (Å²) in [5.41, 5.74) is 1.19. The van der Waals surface area contributed by atoms with Gasteiger partial charge in [-0.3, -0.25) is 0 Å². The molecule has 0 bridgehead atoms. The van der Waals surface area contributed by atoms with E-state index < -0.39 is 10.4 Å². The molecule has 0 atom stereocenters. The van der Waals surface area contributed by atoms with Crippen LogP contribution in [0.2, 0.25) is 5.02 Å². The SMILES string of the molecule is CCC(=Cc1sc2ccc(Cl)cc2[n+]1CC)OC.O=S(=O)([O-])OF. The van der Waals surface area contributed by atoms with E-state index in [4.69, 9.17) is 29.3 Å². The summed E-state index contributed by atoms with van der Waals surface area (Å²) in [6, 6.07) is 6.03. The fraction of sp³-hybridized carbons (Fsp3) is 0.357. The maximum absolute atomic E-state index is 10.1. The molecule has 0 radical (unpaired) electrons. The number of methoxy groups -OCH3 is 1. The number of hydrogen-bond donors (Lipinski definition) is 0. The third-order valence-corrected chi connectivity index (χ3v) is 4.48. The van der Waals surface area contributed by atoms with Gasteiger partial charge in [0, 0.05) is 17.5 Å². The molecule has 0 N–H and O–H groups in total. The quantitative estimate of drug-likeness (QED) is 0.333. The monoisotopic (exact) mass is 397 g/mol. The van der Waals surface area contributed by atoms with Gasteiger partial charge >= 0.3 is 0 Å². The third-order valence-electron chi connectivity index (χ3n) is 2.98. The van der Waals surface area contributed by atoms with Crippen molar-refractivity contribution in [3.63, 3.8) is 0 Å². The van der Waals surface area contributed by atoms with Gasteiger partial charge in [0.2, 0.25) is 15.9 Å². The van der Waals surface area contributed by atoms with Crippen molar-refractivity contribution in [3.8, 4) is 0 Å².